The lowest BCUT2D eigenvalue weighted by atomic mass is 10.1. The highest BCUT2D eigenvalue weighted by atomic mass is 79.9. The molecule has 8 heteroatoms. The fraction of sp³-hybridized carbons (Fsp3) is 0.167. The van der Waals surface area contributed by atoms with Crippen LogP contribution in [0, 0.1) is 5.82 Å². The van der Waals surface area contributed by atoms with E-state index in [2.05, 4.69) is 26.0 Å². The smallest absolute Gasteiger partial charge is 0.387 e. The van der Waals surface area contributed by atoms with Crippen molar-refractivity contribution < 1.29 is 27.4 Å². The van der Waals surface area contributed by atoms with Gasteiger partial charge in [0.25, 0.3) is 0 Å². The van der Waals surface area contributed by atoms with Gasteiger partial charge in [-0.3, -0.25) is 4.79 Å². The molecular formula is C18H15BrF3NO3. The number of rotatable bonds is 7. The van der Waals surface area contributed by atoms with Gasteiger partial charge >= 0.3 is 6.61 Å². The summed E-state index contributed by atoms with van der Waals surface area (Å²) in [6.07, 6.45) is 2.50. The fourth-order valence-corrected chi connectivity index (χ4v) is 2.51. The number of amides is 1. The summed E-state index contributed by atoms with van der Waals surface area (Å²) in [6, 6.07) is 8.69. The predicted octanol–water partition coefficient (Wildman–Crippen LogP) is 4.53. The van der Waals surface area contributed by atoms with Crippen LogP contribution in [-0.2, 0) is 11.3 Å². The van der Waals surface area contributed by atoms with E-state index in [1.165, 1.54) is 49.6 Å². The molecule has 0 aromatic heterocycles. The summed E-state index contributed by atoms with van der Waals surface area (Å²) < 4.78 is 48.5. The van der Waals surface area contributed by atoms with E-state index >= 15 is 0 Å². The Labute approximate surface area is 156 Å². The number of halogens is 4. The summed E-state index contributed by atoms with van der Waals surface area (Å²) >= 11 is 3.27. The first-order valence-electron chi connectivity index (χ1n) is 7.42. The van der Waals surface area contributed by atoms with Crippen molar-refractivity contribution in [2.24, 2.45) is 0 Å². The van der Waals surface area contributed by atoms with Crippen LogP contribution < -0.4 is 14.8 Å². The number of ether oxygens (including phenoxy) is 2. The molecule has 0 aliphatic heterocycles. The summed E-state index contributed by atoms with van der Waals surface area (Å²) in [5.74, 6) is -0.941. The number of nitrogens with one attached hydrogen (secondary N) is 1. The summed E-state index contributed by atoms with van der Waals surface area (Å²) in [5.41, 5.74) is 0.821. The van der Waals surface area contributed by atoms with Crippen LogP contribution in [0.1, 0.15) is 11.1 Å². The number of carbonyl (C=O) groups is 1. The van der Waals surface area contributed by atoms with Gasteiger partial charge in [-0.2, -0.15) is 8.78 Å². The molecule has 0 aliphatic carbocycles. The van der Waals surface area contributed by atoms with Crippen LogP contribution in [0.15, 0.2) is 46.9 Å². The first kappa shape index (κ1) is 19.8. The van der Waals surface area contributed by atoms with Crippen molar-refractivity contribution >= 4 is 27.9 Å². The van der Waals surface area contributed by atoms with Crippen LogP contribution >= 0.6 is 15.9 Å². The number of alkyl halides is 2. The maximum atomic E-state index is 13.2. The highest BCUT2D eigenvalue weighted by Gasteiger charge is 2.14. The number of para-hydroxylation sites is 1. The second-order valence-electron chi connectivity index (χ2n) is 5.04. The van der Waals surface area contributed by atoms with E-state index < -0.39 is 18.3 Å². The molecule has 0 saturated carbocycles. The number of methoxy groups -OCH3 is 1. The maximum absolute atomic E-state index is 13.2. The Balaban J connectivity index is 2.09. The molecule has 0 bridgehead atoms. The fourth-order valence-electron chi connectivity index (χ4n) is 2.13. The van der Waals surface area contributed by atoms with Crippen LogP contribution in [0.5, 0.6) is 11.5 Å². The van der Waals surface area contributed by atoms with Crippen LogP contribution in [0.2, 0.25) is 0 Å². The van der Waals surface area contributed by atoms with E-state index in [0.29, 0.717) is 10.0 Å². The first-order valence-corrected chi connectivity index (χ1v) is 8.21. The van der Waals surface area contributed by atoms with Gasteiger partial charge in [0.05, 0.1) is 7.11 Å². The van der Waals surface area contributed by atoms with Crippen molar-refractivity contribution in [2.75, 3.05) is 7.11 Å². The second-order valence-corrected chi connectivity index (χ2v) is 5.90. The van der Waals surface area contributed by atoms with Gasteiger partial charge in [0.1, 0.15) is 5.82 Å². The maximum Gasteiger partial charge on any atom is 0.387 e. The molecule has 1 amide bonds. The molecule has 0 atom stereocenters. The van der Waals surface area contributed by atoms with Gasteiger partial charge in [0, 0.05) is 22.7 Å². The molecule has 0 heterocycles. The minimum absolute atomic E-state index is 0.0972. The molecule has 0 fully saturated rings. The van der Waals surface area contributed by atoms with Crippen molar-refractivity contribution in [2.45, 2.75) is 13.2 Å². The molecule has 4 nitrogen and oxygen atoms in total. The van der Waals surface area contributed by atoms with Crippen LogP contribution in [0.3, 0.4) is 0 Å². The van der Waals surface area contributed by atoms with E-state index in [1.807, 2.05) is 0 Å². The number of hydrogen-bond donors (Lipinski definition) is 1. The Morgan fingerprint density at radius 2 is 2.08 bits per heavy atom. The average Bonchev–Trinajstić information content (AvgIpc) is 2.61. The molecule has 2 rings (SSSR count). The van der Waals surface area contributed by atoms with Gasteiger partial charge in [-0.1, -0.05) is 28.1 Å². The third kappa shape index (κ3) is 5.52. The van der Waals surface area contributed by atoms with Crippen molar-refractivity contribution in [3.63, 3.8) is 0 Å². The molecule has 26 heavy (non-hydrogen) atoms. The second kappa shape index (κ2) is 9.28. The van der Waals surface area contributed by atoms with Crippen molar-refractivity contribution in [3.8, 4) is 11.5 Å². The molecule has 0 saturated heterocycles. The van der Waals surface area contributed by atoms with Crippen molar-refractivity contribution in [1.29, 1.82) is 0 Å². The molecule has 0 aliphatic rings. The van der Waals surface area contributed by atoms with Gasteiger partial charge in [-0.25, -0.2) is 4.39 Å². The van der Waals surface area contributed by atoms with Crippen molar-refractivity contribution in [3.05, 3.63) is 63.9 Å². The Hall–Kier alpha value is -2.48. The molecular weight excluding hydrogens is 415 g/mol. The Kier molecular flexibility index (Phi) is 7.08. The largest absolute Gasteiger partial charge is 0.493 e. The summed E-state index contributed by atoms with van der Waals surface area (Å²) in [7, 11) is 1.32. The lowest BCUT2D eigenvalue weighted by Crippen LogP contribution is -2.20. The summed E-state index contributed by atoms with van der Waals surface area (Å²) in [6.45, 7) is -2.93. The average molecular weight is 430 g/mol. The number of benzene rings is 2. The van der Waals surface area contributed by atoms with E-state index in [-0.39, 0.29) is 23.6 Å². The molecule has 0 unspecified atom stereocenters. The Bertz CT molecular complexity index is 812. The van der Waals surface area contributed by atoms with Crippen LogP contribution in [0.4, 0.5) is 13.2 Å². The summed E-state index contributed by atoms with van der Waals surface area (Å²) in [5, 5.41) is 2.58. The highest BCUT2D eigenvalue weighted by Crippen LogP contribution is 2.33. The monoisotopic (exact) mass is 429 g/mol. The lowest BCUT2D eigenvalue weighted by molar-refractivity contribution is -0.116. The van der Waals surface area contributed by atoms with Gasteiger partial charge < -0.3 is 14.8 Å². The zero-order valence-electron chi connectivity index (χ0n) is 13.6. The molecule has 2 aromatic carbocycles. The quantitative estimate of drug-likeness (QED) is 0.657. The van der Waals surface area contributed by atoms with E-state index in [4.69, 9.17) is 4.74 Å². The molecule has 2 aromatic rings. The Morgan fingerprint density at radius 3 is 2.77 bits per heavy atom. The van der Waals surface area contributed by atoms with E-state index in [0.717, 1.165) is 0 Å². The van der Waals surface area contributed by atoms with Gasteiger partial charge in [0.15, 0.2) is 11.5 Å². The van der Waals surface area contributed by atoms with Crippen molar-refractivity contribution in [1.82, 2.24) is 5.32 Å². The van der Waals surface area contributed by atoms with Crippen LogP contribution in [0.25, 0.3) is 6.08 Å². The standard InChI is InChI=1S/C18H15BrF3NO3/c1-25-15-4-2-3-11(17(15)26-18(21)22)5-8-16(24)23-10-12-9-13(20)6-7-14(12)19/h2-9,18H,10H2,1H3,(H,23,24)/b8-5+. The lowest BCUT2D eigenvalue weighted by Gasteiger charge is -2.12. The minimum Gasteiger partial charge on any atom is -0.493 e. The predicted molar refractivity (Wildman–Crippen MR) is 94.6 cm³/mol. The van der Waals surface area contributed by atoms with E-state index in [1.54, 1.807) is 6.07 Å². The van der Waals surface area contributed by atoms with Gasteiger partial charge in [-0.15, -0.1) is 0 Å². The highest BCUT2D eigenvalue weighted by molar-refractivity contribution is 9.10. The SMILES string of the molecule is COc1cccc(/C=C/C(=O)NCc2cc(F)ccc2Br)c1OC(F)F. The van der Waals surface area contributed by atoms with E-state index in [9.17, 15) is 18.0 Å². The van der Waals surface area contributed by atoms with Gasteiger partial charge in [0.2, 0.25) is 5.91 Å². The molecule has 1 N–H and O–H groups in total. The number of hydrogen-bond acceptors (Lipinski definition) is 3. The first-order chi connectivity index (χ1) is 12.4. The normalized spacial score (nSPS) is 11.0. The molecule has 138 valence electrons. The Morgan fingerprint density at radius 1 is 1.31 bits per heavy atom. The zero-order chi connectivity index (χ0) is 19.1. The summed E-state index contributed by atoms with van der Waals surface area (Å²) in [4.78, 5) is 11.9. The molecule has 0 spiro atoms. The third-order valence-corrected chi connectivity index (χ3v) is 4.08. The van der Waals surface area contributed by atoms with Crippen LogP contribution in [-0.4, -0.2) is 19.6 Å². The number of carbonyl (C=O) groups excluding carboxylic acids is 1. The topological polar surface area (TPSA) is 47.6 Å². The third-order valence-electron chi connectivity index (χ3n) is 3.31. The zero-order valence-corrected chi connectivity index (χ0v) is 15.2. The van der Waals surface area contributed by atoms with Gasteiger partial charge in [-0.05, 0) is 35.9 Å². The minimum atomic E-state index is -3.03. The molecule has 0 radical (unpaired) electrons.